The van der Waals surface area contributed by atoms with Gasteiger partial charge in [0.15, 0.2) is 0 Å². The molecule has 24 heavy (non-hydrogen) atoms. The molecule has 1 unspecified atom stereocenters. The van der Waals surface area contributed by atoms with E-state index in [9.17, 15) is 13.2 Å². The third-order valence-electron chi connectivity index (χ3n) is 4.27. The number of sulfonamides is 1. The zero-order valence-corrected chi connectivity index (χ0v) is 14.4. The Morgan fingerprint density at radius 3 is 2.62 bits per heavy atom. The molecule has 2 aromatic carbocycles. The Balaban J connectivity index is 1.76. The number of ether oxygens (including phenoxy) is 1. The molecule has 6 heteroatoms. The maximum atomic E-state index is 12.4. The highest BCUT2D eigenvalue weighted by atomic mass is 32.2. The largest absolute Gasteiger partial charge is 0.492 e. The van der Waals surface area contributed by atoms with Crippen LogP contribution in [0.2, 0.25) is 0 Å². The number of para-hydroxylation sites is 1. The summed E-state index contributed by atoms with van der Waals surface area (Å²) < 4.78 is 32.6. The van der Waals surface area contributed by atoms with Gasteiger partial charge in [0.05, 0.1) is 10.8 Å². The van der Waals surface area contributed by atoms with Crippen molar-refractivity contribution in [3.63, 3.8) is 0 Å². The van der Waals surface area contributed by atoms with E-state index in [-0.39, 0.29) is 11.5 Å². The fourth-order valence-electron chi connectivity index (χ4n) is 2.65. The fraction of sp³-hybridized carbons (Fsp3) is 0.278. The van der Waals surface area contributed by atoms with Crippen molar-refractivity contribution in [2.45, 2.75) is 25.2 Å². The summed E-state index contributed by atoms with van der Waals surface area (Å²) in [5.74, 6) is -0.317. The molecule has 1 amide bonds. The van der Waals surface area contributed by atoms with Gasteiger partial charge in [0, 0.05) is 0 Å². The van der Waals surface area contributed by atoms with Crippen LogP contribution in [0.1, 0.15) is 16.7 Å². The van der Waals surface area contributed by atoms with Crippen LogP contribution in [0.4, 0.5) is 0 Å². The summed E-state index contributed by atoms with van der Waals surface area (Å²) in [5, 5.41) is 0. The van der Waals surface area contributed by atoms with E-state index < -0.39 is 21.8 Å². The van der Waals surface area contributed by atoms with E-state index >= 15 is 0 Å². The molecular formula is C18H19NO4S. The second kappa shape index (κ2) is 6.28. The van der Waals surface area contributed by atoms with E-state index in [0.29, 0.717) is 6.42 Å². The van der Waals surface area contributed by atoms with Gasteiger partial charge in [-0.1, -0.05) is 24.3 Å². The summed E-state index contributed by atoms with van der Waals surface area (Å²) in [5.41, 5.74) is 2.77. The summed E-state index contributed by atoms with van der Waals surface area (Å²) in [4.78, 5) is 12.5. The molecule has 126 valence electrons. The lowest BCUT2D eigenvalue weighted by Gasteiger charge is -2.24. The first-order chi connectivity index (χ1) is 11.4. The lowest BCUT2D eigenvalue weighted by molar-refractivity contribution is -0.124. The maximum absolute atomic E-state index is 12.4. The second-order valence-electron chi connectivity index (χ2n) is 6.04. The van der Waals surface area contributed by atoms with Gasteiger partial charge in [-0.15, -0.1) is 0 Å². The van der Waals surface area contributed by atoms with E-state index in [0.717, 1.165) is 22.4 Å². The highest BCUT2D eigenvalue weighted by Crippen LogP contribution is 2.27. The van der Waals surface area contributed by atoms with Gasteiger partial charge in [-0.05, 0) is 55.2 Å². The quantitative estimate of drug-likeness (QED) is 0.927. The van der Waals surface area contributed by atoms with Crippen LogP contribution in [0, 0.1) is 19.8 Å². The van der Waals surface area contributed by atoms with Gasteiger partial charge < -0.3 is 4.74 Å². The molecule has 2 aromatic rings. The summed E-state index contributed by atoms with van der Waals surface area (Å²) in [6.07, 6.45) is 0.463. The van der Waals surface area contributed by atoms with Crippen molar-refractivity contribution in [3.8, 4) is 5.75 Å². The van der Waals surface area contributed by atoms with Crippen LogP contribution < -0.4 is 9.46 Å². The molecule has 0 saturated carbocycles. The minimum absolute atomic E-state index is 0.0936. The van der Waals surface area contributed by atoms with Crippen LogP contribution in [0.3, 0.4) is 0 Å². The van der Waals surface area contributed by atoms with Crippen molar-refractivity contribution >= 4 is 15.9 Å². The molecule has 1 aliphatic rings. The number of fused-ring (bicyclic) bond motifs is 1. The Bertz CT molecular complexity index is 890. The topological polar surface area (TPSA) is 72.5 Å². The normalized spacial score (nSPS) is 16.8. The number of benzene rings is 2. The summed E-state index contributed by atoms with van der Waals surface area (Å²) in [6, 6.07) is 12.3. The molecule has 0 spiro atoms. The summed E-state index contributed by atoms with van der Waals surface area (Å²) in [6.45, 7) is 3.91. The SMILES string of the molecule is Cc1ccc(S(=O)(=O)NC(=O)C2COc3ccccc3C2)cc1C. The number of hydrogen-bond donors (Lipinski definition) is 1. The summed E-state index contributed by atoms with van der Waals surface area (Å²) in [7, 11) is -3.88. The van der Waals surface area contributed by atoms with Crippen molar-refractivity contribution in [1.29, 1.82) is 0 Å². The summed E-state index contributed by atoms with van der Waals surface area (Å²) >= 11 is 0. The van der Waals surface area contributed by atoms with Gasteiger partial charge in [-0.3, -0.25) is 4.79 Å². The van der Waals surface area contributed by atoms with Gasteiger partial charge in [0.25, 0.3) is 10.0 Å². The Morgan fingerprint density at radius 1 is 1.12 bits per heavy atom. The molecule has 5 nitrogen and oxygen atoms in total. The van der Waals surface area contributed by atoms with Crippen molar-refractivity contribution in [1.82, 2.24) is 4.72 Å². The smallest absolute Gasteiger partial charge is 0.264 e. The minimum atomic E-state index is -3.88. The van der Waals surface area contributed by atoms with E-state index in [1.165, 1.54) is 6.07 Å². The number of rotatable bonds is 3. The number of aryl methyl sites for hydroxylation is 2. The number of carbonyl (C=O) groups excluding carboxylic acids is 1. The minimum Gasteiger partial charge on any atom is -0.492 e. The van der Waals surface area contributed by atoms with Gasteiger partial charge in [0.2, 0.25) is 5.91 Å². The molecule has 0 aromatic heterocycles. The second-order valence-corrected chi connectivity index (χ2v) is 7.72. The molecule has 3 rings (SSSR count). The highest BCUT2D eigenvalue weighted by Gasteiger charge is 2.29. The van der Waals surface area contributed by atoms with Gasteiger partial charge in [-0.25, -0.2) is 13.1 Å². The Kier molecular flexibility index (Phi) is 4.32. The number of hydrogen-bond acceptors (Lipinski definition) is 4. The molecule has 0 radical (unpaired) electrons. The van der Waals surface area contributed by atoms with Crippen LogP contribution in [0.5, 0.6) is 5.75 Å². The first kappa shape index (κ1) is 16.5. The molecule has 1 atom stereocenters. The molecule has 1 heterocycles. The van der Waals surface area contributed by atoms with E-state index in [4.69, 9.17) is 4.74 Å². The molecule has 0 fully saturated rings. The lowest BCUT2D eigenvalue weighted by atomic mass is 9.96. The zero-order valence-electron chi connectivity index (χ0n) is 13.6. The van der Waals surface area contributed by atoms with Crippen LogP contribution in [-0.2, 0) is 21.2 Å². The highest BCUT2D eigenvalue weighted by molar-refractivity contribution is 7.90. The van der Waals surface area contributed by atoms with E-state index in [2.05, 4.69) is 4.72 Å². The van der Waals surface area contributed by atoms with Crippen LogP contribution >= 0.6 is 0 Å². The van der Waals surface area contributed by atoms with E-state index in [1.54, 1.807) is 12.1 Å². The van der Waals surface area contributed by atoms with Crippen LogP contribution in [0.25, 0.3) is 0 Å². The fourth-order valence-corrected chi connectivity index (χ4v) is 3.78. The molecule has 0 bridgehead atoms. The van der Waals surface area contributed by atoms with E-state index in [1.807, 2.05) is 38.1 Å². The average Bonchev–Trinajstić information content (AvgIpc) is 2.56. The maximum Gasteiger partial charge on any atom is 0.264 e. The third kappa shape index (κ3) is 3.28. The monoisotopic (exact) mass is 345 g/mol. The Labute approximate surface area is 141 Å². The van der Waals surface area contributed by atoms with Gasteiger partial charge in [-0.2, -0.15) is 0 Å². The zero-order chi connectivity index (χ0) is 17.3. The number of amides is 1. The number of carbonyl (C=O) groups is 1. The number of nitrogens with one attached hydrogen (secondary N) is 1. The van der Waals surface area contributed by atoms with Gasteiger partial charge >= 0.3 is 0 Å². The van der Waals surface area contributed by atoms with Crippen molar-refractivity contribution < 1.29 is 17.9 Å². The van der Waals surface area contributed by atoms with Gasteiger partial charge in [0.1, 0.15) is 12.4 Å². The molecule has 0 aliphatic carbocycles. The Hall–Kier alpha value is -2.34. The first-order valence-electron chi connectivity index (χ1n) is 7.71. The Morgan fingerprint density at radius 2 is 1.88 bits per heavy atom. The molecule has 1 aliphatic heterocycles. The molecular weight excluding hydrogens is 326 g/mol. The van der Waals surface area contributed by atoms with Crippen LogP contribution in [-0.4, -0.2) is 20.9 Å². The molecule has 0 saturated heterocycles. The third-order valence-corrected chi connectivity index (χ3v) is 5.62. The predicted octanol–water partition coefficient (Wildman–Crippen LogP) is 2.36. The first-order valence-corrected chi connectivity index (χ1v) is 9.20. The van der Waals surface area contributed by atoms with Crippen molar-refractivity contribution in [3.05, 3.63) is 59.2 Å². The predicted molar refractivity (Wildman–Crippen MR) is 90.4 cm³/mol. The lowest BCUT2D eigenvalue weighted by Crippen LogP contribution is -2.40. The standard InChI is InChI=1S/C18H19NO4S/c1-12-7-8-16(9-13(12)2)24(21,22)19-18(20)15-10-14-5-3-4-6-17(14)23-11-15/h3-9,15H,10-11H2,1-2H3,(H,19,20). The average molecular weight is 345 g/mol. The van der Waals surface area contributed by atoms with Crippen molar-refractivity contribution in [2.24, 2.45) is 5.92 Å². The van der Waals surface area contributed by atoms with Crippen molar-refractivity contribution in [2.75, 3.05) is 6.61 Å². The molecule has 1 N–H and O–H groups in total. The van der Waals surface area contributed by atoms with Crippen LogP contribution in [0.15, 0.2) is 47.4 Å².